The second-order valence-electron chi connectivity index (χ2n) is 6.37. The Bertz CT molecular complexity index is 935. The zero-order valence-electron chi connectivity index (χ0n) is 15.8. The van der Waals surface area contributed by atoms with Crippen molar-refractivity contribution < 1.29 is 9.53 Å². The topological polar surface area (TPSA) is 45.7 Å². The van der Waals surface area contributed by atoms with Gasteiger partial charge in [0, 0.05) is 19.2 Å². The van der Waals surface area contributed by atoms with Crippen LogP contribution < -0.4 is 9.64 Å². The van der Waals surface area contributed by atoms with Crippen molar-refractivity contribution in [3.63, 3.8) is 0 Å². The number of anilines is 1. The number of rotatable bonds is 7. The Labute approximate surface area is 163 Å². The van der Waals surface area contributed by atoms with E-state index in [-0.39, 0.29) is 5.91 Å². The number of fused-ring (bicyclic) bond motifs is 1. The summed E-state index contributed by atoms with van der Waals surface area (Å²) in [4.78, 5) is 21.3. The summed E-state index contributed by atoms with van der Waals surface area (Å²) in [7, 11) is 5.63. The summed E-state index contributed by atoms with van der Waals surface area (Å²) in [5.74, 6) is 0.708. The van der Waals surface area contributed by atoms with Crippen LogP contribution in [0.15, 0.2) is 54.6 Å². The molecule has 5 nitrogen and oxygen atoms in total. The van der Waals surface area contributed by atoms with Crippen molar-refractivity contribution in [3.8, 4) is 5.75 Å². The average Bonchev–Trinajstić information content (AvgIpc) is 3.09. The first-order chi connectivity index (χ1) is 13.1. The number of carbonyl (C=O) groups is 1. The SMILES string of the molecule is COc1ccc2nc(N(CCN(C)C)C(=O)C=Cc3ccccc3)sc2c1. The van der Waals surface area contributed by atoms with Crippen molar-refractivity contribution in [2.45, 2.75) is 0 Å². The Balaban J connectivity index is 1.88. The molecule has 0 fully saturated rings. The van der Waals surface area contributed by atoms with Gasteiger partial charge >= 0.3 is 0 Å². The summed E-state index contributed by atoms with van der Waals surface area (Å²) in [6.45, 7) is 1.33. The number of carbonyl (C=O) groups excluding carboxylic acids is 1. The molecule has 0 atom stereocenters. The molecule has 0 aliphatic heterocycles. The maximum atomic E-state index is 12.9. The lowest BCUT2D eigenvalue weighted by Gasteiger charge is -2.20. The maximum Gasteiger partial charge on any atom is 0.252 e. The van der Waals surface area contributed by atoms with Crippen molar-refractivity contribution in [2.75, 3.05) is 39.2 Å². The van der Waals surface area contributed by atoms with Gasteiger partial charge in [0.05, 0.1) is 17.3 Å². The molecule has 0 radical (unpaired) electrons. The minimum Gasteiger partial charge on any atom is -0.497 e. The number of amides is 1. The third kappa shape index (κ3) is 4.93. The van der Waals surface area contributed by atoms with Gasteiger partial charge in [0.2, 0.25) is 0 Å². The van der Waals surface area contributed by atoms with E-state index in [4.69, 9.17) is 4.74 Å². The zero-order valence-corrected chi connectivity index (χ0v) is 16.6. The highest BCUT2D eigenvalue weighted by Gasteiger charge is 2.18. The van der Waals surface area contributed by atoms with Crippen LogP contribution in [0.1, 0.15) is 5.56 Å². The van der Waals surface area contributed by atoms with Crippen LogP contribution in [0.4, 0.5) is 5.13 Å². The number of thiazole rings is 1. The van der Waals surface area contributed by atoms with Crippen LogP contribution in [0.5, 0.6) is 5.75 Å². The third-order valence-corrected chi connectivity index (χ3v) is 5.11. The average molecular weight is 382 g/mol. The zero-order chi connectivity index (χ0) is 19.2. The first-order valence-corrected chi connectivity index (χ1v) is 9.52. The van der Waals surface area contributed by atoms with E-state index < -0.39 is 0 Å². The predicted molar refractivity (Wildman–Crippen MR) is 113 cm³/mol. The Hall–Kier alpha value is -2.70. The lowest BCUT2D eigenvalue weighted by Crippen LogP contribution is -2.35. The van der Waals surface area contributed by atoms with Crippen LogP contribution in [0.3, 0.4) is 0 Å². The quantitative estimate of drug-likeness (QED) is 0.582. The fourth-order valence-electron chi connectivity index (χ4n) is 2.56. The van der Waals surface area contributed by atoms with E-state index >= 15 is 0 Å². The number of hydrogen-bond acceptors (Lipinski definition) is 5. The number of nitrogens with zero attached hydrogens (tertiary/aromatic N) is 3. The van der Waals surface area contributed by atoms with Gasteiger partial charge in [-0.05, 0) is 43.9 Å². The van der Waals surface area contributed by atoms with Crippen LogP contribution in [0.2, 0.25) is 0 Å². The van der Waals surface area contributed by atoms with Gasteiger partial charge in [-0.25, -0.2) is 4.98 Å². The minimum atomic E-state index is -0.0771. The van der Waals surface area contributed by atoms with Gasteiger partial charge in [0.15, 0.2) is 5.13 Å². The third-order valence-electron chi connectivity index (χ3n) is 4.07. The van der Waals surface area contributed by atoms with Crippen molar-refractivity contribution in [1.29, 1.82) is 0 Å². The molecule has 0 N–H and O–H groups in total. The van der Waals surface area contributed by atoms with Gasteiger partial charge in [0.1, 0.15) is 5.75 Å². The second-order valence-corrected chi connectivity index (χ2v) is 7.38. The van der Waals surface area contributed by atoms with Gasteiger partial charge in [-0.1, -0.05) is 41.7 Å². The van der Waals surface area contributed by atoms with Crippen LogP contribution in [0, 0.1) is 0 Å². The summed E-state index contributed by atoms with van der Waals surface area (Å²) in [5, 5.41) is 0.697. The number of benzene rings is 2. The van der Waals surface area contributed by atoms with Gasteiger partial charge < -0.3 is 9.64 Å². The molecule has 140 valence electrons. The van der Waals surface area contributed by atoms with E-state index in [2.05, 4.69) is 9.88 Å². The monoisotopic (exact) mass is 381 g/mol. The van der Waals surface area contributed by atoms with Gasteiger partial charge in [0.25, 0.3) is 5.91 Å². The van der Waals surface area contributed by atoms with Crippen LogP contribution in [-0.4, -0.2) is 50.1 Å². The van der Waals surface area contributed by atoms with Gasteiger partial charge in [-0.3, -0.25) is 9.69 Å². The molecule has 27 heavy (non-hydrogen) atoms. The van der Waals surface area contributed by atoms with Crippen LogP contribution >= 0.6 is 11.3 Å². The summed E-state index contributed by atoms with van der Waals surface area (Å²) in [5.41, 5.74) is 1.86. The highest BCUT2D eigenvalue weighted by atomic mass is 32.1. The highest BCUT2D eigenvalue weighted by Crippen LogP contribution is 2.31. The van der Waals surface area contributed by atoms with Crippen LogP contribution in [0.25, 0.3) is 16.3 Å². The van der Waals surface area contributed by atoms with Crippen molar-refractivity contribution >= 4 is 38.7 Å². The number of aromatic nitrogens is 1. The van der Waals surface area contributed by atoms with E-state index in [1.54, 1.807) is 18.1 Å². The van der Waals surface area contributed by atoms with Crippen molar-refractivity contribution in [2.24, 2.45) is 0 Å². The summed E-state index contributed by atoms with van der Waals surface area (Å²) in [6.07, 6.45) is 3.44. The summed E-state index contributed by atoms with van der Waals surface area (Å²) >= 11 is 1.50. The van der Waals surface area contributed by atoms with Gasteiger partial charge in [-0.15, -0.1) is 0 Å². The summed E-state index contributed by atoms with van der Waals surface area (Å²) < 4.78 is 6.29. The largest absolute Gasteiger partial charge is 0.497 e. The molecule has 0 spiro atoms. The molecular weight excluding hydrogens is 358 g/mol. The fraction of sp³-hybridized carbons (Fsp3) is 0.238. The van der Waals surface area contributed by atoms with E-state index in [9.17, 15) is 4.79 Å². The smallest absolute Gasteiger partial charge is 0.252 e. The molecule has 1 aromatic heterocycles. The van der Waals surface area contributed by atoms with Crippen molar-refractivity contribution in [3.05, 3.63) is 60.2 Å². The van der Waals surface area contributed by atoms with Crippen LogP contribution in [-0.2, 0) is 4.79 Å². The predicted octanol–water partition coefficient (Wildman–Crippen LogP) is 3.91. The Kier molecular flexibility index (Phi) is 6.21. The van der Waals surface area contributed by atoms with E-state index in [0.29, 0.717) is 11.7 Å². The summed E-state index contributed by atoms with van der Waals surface area (Å²) in [6, 6.07) is 15.6. The standard InChI is InChI=1S/C21H23N3O2S/c1-23(2)13-14-24(20(25)12-9-16-7-5-4-6-8-16)21-22-18-11-10-17(26-3)15-19(18)27-21/h4-12,15H,13-14H2,1-3H3. The fourth-order valence-corrected chi connectivity index (χ4v) is 3.58. The van der Waals surface area contributed by atoms with Crippen molar-refractivity contribution in [1.82, 2.24) is 9.88 Å². The normalized spacial score (nSPS) is 11.4. The molecule has 3 aromatic rings. The number of hydrogen-bond donors (Lipinski definition) is 0. The molecule has 0 aliphatic carbocycles. The Morgan fingerprint density at radius 3 is 2.63 bits per heavy atom. The highest BCUT2D eigenvalue weighted by molar-refractivity contribution is 7.22. The maximum absolute atomic E-state index is 12.9. The van der Waals surface area contributed by atoms with E-state index in [0.717, 1.165) is 28.1 Å². The number of methoxy groups -OCH3 is 1. The molecule has 0 aliphatic rings. The van der Waals surface area contributed by atoms with E-state index in [1.165, 1.54) is 11.3 Å². The second kappa shape index (κ2) is 8.79. The van der Waals surface area contributed by atoms with E-state index in [1.807, 2.05) is 68.7 Å². The molecule has 0 saturated carbocycles. The number of ether oxygens (including phenoxy) is 1. The molecule has 0 bridgehead atoms. The minimum absolute atomic E-state index is 0.0771. The molecule has 0 unspecified atom stereocenters. The van der Waals surface area contributed by atoms with Gasteiger partial charge in [-0.2, -0.15) is 0 Å². The lowest BCUT2D eigenvalue weighted by molar-refractivity contribution is -0.114. The Morgan fingerprint density at radius 1 is 1.15 bits per heavy atom. The molecule has 1 amide bonds. The molecular formula is C21H23N3O2S. The molecule has 2 aromatic carbocycles. The molecule has 3 rings (SSSR count). The molecule has 1 heterocycles. The number of likely N-dealkylation sites (N-methyl/N-ethyl adjacent to an activating group) is 1. The molecule has 6 heteroatoms. The first kappa shape index (κ1) is 19.1. The lowest BCUT2D eigenvalue weighted by atomic mass is 10.2. The first-order valence-electron chi connectivity index (χ1n) is 8.71. The molecule has 0 saturated heterocycles. The Morgan fingerprint density at radius 2 is 1.93 bits per heavy atom.